The van der Waals surface area contributed by atoms with Crippen LogP contribution in [-0.4, -0.2) is 17.0 Å². The van der Waals surface area contributed by atoms with Crippen LogP contribution in [0, 0.1) is 0 Å². The van der Waals surface area contributed by atoms with Crippen LogP contribution in [0.5, 0.6) is 0 Å². The number of rotatable bonds is 4. The van der Waals surface area contributed by atoms with Gasteiger partial charge < -0.3 is 4.90 Å². The van der Waals surface area contributed by atoms with Crippen LogP contribution in [0.4, 0.5) is 5.82 Å². The fourth-order valence-corrected chi connectivity index (χ4v) is 3.95. The molecule has 0 radical (unpaired) electrons. The molecule has 4 aromatic rings. The molecule has 0 N–H and O–H groups in total. The highest BCUT2D eigenvalue weighted by Gasteiger charge is 2.13. The molecule has 0 bridgehead atoms. The smallest absolute Gasteiger partial charge is 0.150 e. The third-order valence-electron chi connectivity index (χ3n) is 3.97. The Bertz CT molecular complexity index is 948. The van der Waals surface area contributed by atoms with Crippen molar-refractivity contribution >= 4 is 27.4 Å². The highest BCUT2D eigenvalue weighted by atomic mass is 32.1. The van der Waals surface area contributed by atoms with Crippen LogP contribution in [-0.2, 0) is 6.54 Å². The first-order valence-electron chi connectivity index (χ1n) is 7.86. The van der Waals surface area contributed by atoms with Crippen molar-refractivity contribution in [3.63, 3.8) is 0 Å². The zero-order chi connectivity index (χ0) is 16.4. The molecule has 0 aliphatic heterocycles. The van der Waals surface area contributed by atoms with Crippen molar-refractivity contribution in [1.82, 2.24) is 9.97 Å². The molecule has 3 nitrogen and oxygen atoms in total. The summed E-state index contributed by atoms with van der Waals surface area (Å²) in [6.07, 6.45) is 1.65. The molecule has 4 heteroatoms. The standard InChI is InChI=1S/C20H17N3S/c1-23(13-15-8-4-2-5-9-15)20-19-17(21-14-22-20)12-18(24-19)16-10-6-3-7-11-16/h2-12,14H,13H2,1H3. The summed E-state index contributed by atoms with van der Waals surface area (Å²) in [7, 11) is 2.08. The zero-order valence-electron chi connectivity index (χ0n) is 13.4. The molecular formula is C20H17N3S. The summed E-state index contributed by atoms with van der Waals surface area (Å²) in [6.45, 7) is 0.825. The average molecular weight is 331 g/mol. The number of fused-ring (bicyclic) bond motifs is 1. The van der Waals surface area contributed by atoms with Crippen LogP contribution in [0.25, 0.3) is 20.7 Å². The molecule has 0 fully saturated rings. The van der Waals surface area contributed by atoms with Gasteiger partial charge in [-0.3, -0.25) is 0 Å². The van der Waals surface area contributed by atoms with E-state index in [9.17, 15) is 0 Å². The van der Waals surface area contributed by atoms with Crippen molar-refractivity contribution < 1.29 is 0 Å². The van der Waals surface area contributed by atoms with Gasteiger partial charge in [-0.2, -0.15) is 0 Å². The Balaban J connectivity index is 1.72. The first-order chi connectivity index (χ1) is 11.8. The predicted molar refractivity (Wildman–Crippen MR) is 101 cm³/mol. The lowest BCUT2D eigenvalue weighted by molar-refractivity contribution is 0.902. The minimum atomic E-state index is 0.825. The maximum absolute atomic E-state index is 4.54. The van der Waals surface area contributed by atoms with E-state index in [1.54, 1.807) is 17.7 Å². The first kappa shape index (κ1) is 14.8. The number of aromatic nitrogens is 2. The summed E-state index contributed by atoms with van der Waals surface area (Å²) in [5.74, 6) is 0.982. The molecule has 0 aliphatic rings. The summed E-state index contributed by atoms with van der Waals surface area (Å²) in [5.41, 5.74) is 3.49. The van der Waals surface area contributed by atoms with Gasteiger partial charge in [0.25, 0.3) is 0 Å². The largest absolute Gasteiger partial charge is 0.354 e. The summed E-state index contributed by atoms with van der Waals surface area (Å²) in [6, 6.07) is 23.0. The molecule has 0 amide bonds. The molecule has 0 saturated heterocycles. The summed E-state index contributed by atoms with van der Waals surface area (Å²) in [4.78, 5) is 12.4. The van der Waals surface area contributed by atoms with E-state index in [1.807, 2.05) is 12.1 Å². The van der Waals surface area contributed by atoms with Gasteiger partial charge in [-0.15, -0.1) is 11.3 Å². The molecule has 0 aliphatic carbocycles. The van der Waals surface area contributed by atoms with E-state index in [4.69, 9.17) is 0 Å². The second kappa shape index (κ2) is 6.42. The molecule has 2 aromatic carbocycles. The van der Waals surface area contributed by atoms with Crippen molar-refractivity contribution in [2.45, 2.75) is 6.54 Å². The van der Waals surface area contributed by atoms with Crippen LogP contribution >= 0.6 is 11.3 Å². The molecule has 0 spiro atoms. The van der Waals surface area contributed by atoms with Crippen LogP contribution in [0.3, 0.4) is 0 Å². The minimum absolute atomic E-state index is 0.825. The number of nitrogens with zero attached hydrogens (tertiary/aromatic N) is 3. The molecule has 0 atom stereocenters. The quantitative estimate of drug-likeness (QED) is 0.527. The Morgan fingerprint density at radius 3 is 2.38 bits per heavy atom. The molecule has 118 valence electrons. The fourth-order valence-electron chi connectivity index (χ4n) is 2.79. The SMILES string of the molecule is CN(Cc1ccccc1)c1ncnc2cc(-c3ccccc3)sc12. The monoisotopic (exact) mass is 331 g/mol. The minimum Gasteiger partial charge on any atom is -0.354 e. The van der Waals surface area contributed by atoms with E-state index in [2.05, 4.69) is 76.5 Å². The van der Waals surface area contributed by atoms with Crippen molar-refractivity contribution in [2.24, 2.45) is 0 Å². The molecule has 4 rings (SSSR count). The Labute approximate surface area is 145 Å². The van der Waals surface area contributed by atoms with Crippen LogP contribution < -0.4 is 4.90 Å². The fraction of sp³-hybridized carbons (Fsp3) is 0.100. The third-order valence-corrected chi connectivity index (χ3v) is 5.14. The third kappa shape index (κ3) is 2.88. The van der Waals surface area contributed by atoms with E-state index >= 15 is 0 Å². The second-order valence-electron chi connectivity index (χ2n) is 5.73. The first-order valence-corrected chi connectivity index (χ1v) is 8.68. The lowest BCUT2D eigenvalue weighted by Gasteiger charge is -2.18. The topological polar surface area (TPSA) is 29.0 Å². The number of anilines is 1. The summed E-state index contributed by atoms with van der Waals surface area (Å²) >= 11 is 1.75. The molecule has 0 unspecified atom stereocenters. The van der Waals surface area contributed by atoms with Crippen LogP contribution in [0.1, 0.15) is 5.56 Å². The Kier molecular flexibility index (Phi) is 3.97. The molecule has 2 heterocycles. The van der Waals surface area contributed by atoms with Gasteiger partial charge in [-0.25, -0.2) is 9.97 Å². The van der Waals surface area contributed by atoms with Gasteiger partial charge in [0.05, 0.1) is 10.2 Å². The van der Waals surface area contributed by atoms with Crippen molar-refractivity contribution in [2.75, 3.05) is 11.9 Å². The van der Waals surface area contributed by atoms with E-state index in [-0.39, 0.29) is 0 Å². The molecular weight excluding hydrogens is 314 g/mol. The van der Waals surface area contributed by atoms with E-state index in [1.165, 1.54) is 16.0 Å². The Morgan fingerprint density at radius 1 is 0.917 bits per heavy atom. The van der Waals surface area contributed by atoms with Crippen LogP contribution in [0.15, 0.2) is 73.1 Å². The Hall–Kier alpha value is -2.72. The van der Waals surface area contributed by atoms with E-state index < -0.39 is 0 Å². The van der Waals surface area contributed by atoms with Gasteiger partial charge in [-0.05, 0) is 17.2 Å². The second-order valence-corrected chi connectivity index (χ2v) is 6.78. The highest BCUT2D eigenvalue weighted by Crippen LogP contribution is 2.36. The zero-order valence-corrected chi connectivity index (χ0v) is 14.2. The van der Waals surface area contributed by atoms with Crippen molar-refractivity contribution in [3.05, 3.63) is 78.6 Å². The maximum atomic E-state index is 4.54. The summed E-state index contributed by atoms with van der Waals surface area (Å²) in [5, 5.41) is 0. The number of hydrogen-bond acceptors (Lipinski definition) is 4. The highest BCUT2D eigenvalue weighted by molar-refractivity contribution is 7.22. The van der Waals surface area contributed by atoms with Gasteiger partial charge in [-0.1, -0.05) is 60.7 Å². The molecule has 24 heavy (non-hydrogen) atoms. The van der Waals surface area contributed by atoms with Gasteiger partial charge in [0.2, 0.25) is 0 Å². The van der Waals surface area contributed by atoms with Crippen LogP contribution in [0.2, 0.25) is 0 Å². The average Bonchev–Trinajstić information content (AvgIpc) is 3.07. The van der Waals surface area contributed by atoms with Gasteiger partial charge in [0.15, 0.2) is 0 Å². The normalized spacial score (nSPS) is 10.9. The van der Waals surface area contributed by atoms with Gasteiger partial charge >= 0.3 is 0 Å². The molecule has 2 aromatic heterocycles. The maximum Gasteiger partial charge on any atom is 0.150 e. The Morgan fingerprint density at radius 2 is 1.62 bits per heavy atom. The number of benzene rings is 2. The lowest BCUT2D eigenvalue weighted by atomic mass is 10.2. The molecule has 0 saturated carbocycles. The van der Waals surface area contributed by atoms with Crippen molar-refractivity contribution in [3.8, 4) is 10.4 Å². The van der Waals surface area contributed by atoms with E-state index in [0.29, 0.717) is 0 Å². The summed E-state index contributed by atoms with van der Waals surface area (Å²) < 4.78 is 1.13. The lowest BCUT2D eigenvalue weighted by Crippen LogP contribution is -2.17. The van der Waals surface area contributed by atoms with E-state index in [0.717, 1.165) is 22.6 Å². The van der Waals surface area contributed by atoms with Gasteiger partial charge in [0, 0.05) is 18.5 Å². The predicted octanol–water partition coefficient (Wildman–Crippen LogP) is 4.99. The number of hydrogen-bond donors (Lipinski definition) is 0. The van der Waals surface area contributed by atoms with Gasteiger partial charge in [0.1, 0.15) is 12.1 Å². The van der Waals surface area contributed by atoms with Crippen molar-refractivity contribution in [1.29, 1.82) is 0 Å². The number of thiophene rings is 1.